The maximum absolute atomic E-state index is 13.5. The average Bonchev–Trinajstić information content (AvgIpc) is 3.35. The molecule has 5 rings (SSSR count). The van der Waals surface area contributed by atoms with Crippen LogP contribution in [0.1, 0.15) is 24.2 Å². The molecule has 9 nitrogen and oxygen atoms in total. The standard InChI is InChI=1S/C23H25ClFN5.2C2HF3O2/c1-28-15-21-26-27-22(18-5-7-20(25)8-6-18)30(21)23(16-28)9-11-29(12-10-23)14-17-3-2-4-19(24)13-17;2*3-2(4,5)1(6)7/h2-8,13H,9-12,14-16H2,1H3;2*(H,6,7). The van der Waals surface area contributed by atoms with Gasteiger partial charge in [-0.05, 0) is 61.9 Å². The second kappa shape index (κ2) is 13.9. The number of likely N-dealkylation sites (N-methyl/N-ethyl adjacent to an activating group) is 1. The van der Waals surface area contributed by atoms with Gasteiger partial charge in [0.15, 0.2) is 5.82 Å². The summed E-state index contributed by atoms with van der Waals surface area (Å²) in [5.41, 5.74) is 2.12. The highest BCUT2D eigenvalue weighted by Crippen LogP contribution is 2.39. The molecule has 44 heavy (non-hydrogen) atoms. The number of halogens is 8. The van der Waals surface area contributed by atoms with E-state index in [1.54, 1.807) is 12.1 Å². The molecule has 17 heteroatoms. The van der Waals surface area contributed by atoms with Gasteiger partial charge in [0.05, 0.1) is 12.1 Å². The predicted molar refractivity (Wildman–Crippen MR) is 143 cm³/mol. The zero-order valence-corrected chi connectivity index (χ0v) is 23.8. The van der Waals surface area contributed by atoms with Crippen molar-refractivity contribution in [2.45, 2.75) is 43.8 Å². The lowest BCUT2D eigenvalue weighted by atomic mass is 9.84. The van der Waals surface area contributed by atoms with Crippen LogP contribution in [0.4, 0.5) is 30.7 Å². The van der Waals surface area contributed by atoms with Gasteiger partial charge in [-0.2, -0.15) is 26.3 Å². The van der Waals surface area contributed by atoms with Gasteiger partial charge in [-0.3, -0.25) is 9.80 Å². The van der Waals surface area contributed by atoms with Crippen LogP contribution in [0, 0.1) is 5.82 Å². The maximum Gasteiger partial charge on any atom is 0.490 e. The number of aromatic nitrogens is 3. The van der Waals surface area contributed by atoms with Crippen molar-refractivity contribution in [3.05, 3.63) is 70.8 Å². The van der Waals surface area contributed by atoms with Crippen molar-refractivity contribution in [3.63, 3.8) is 0 Å². The molecule has 240 valence electrons. The molecule has 0 radical (unpaired) electrons. The third-order valence-electron chi connectivity index (χ3n) is 6.85. The van der Waals surface area contributed by atoms with Gasteiger partial charge in [0.2, 0.25) is 0 Å². The summed E-state index contributed by atoms with van der Waals surface area (Å²) in [5.74, 6) is -3.91. The normalized spacial score (nSPS) is 16.7. The number of aliphatic carboxylic acids is 2. The summed E-state index contributed by atoms with van der Waals surface area (Å²) in [4.78, 5) is 22.6. The summed E-state index contributed by atoms with van der Waals surface area (Å²) in [6.07, 6.45) is -8.12. The molecule has 2 aliphatic heterocycles. The number of nitrogens with zero attached hydrogens (tertiary/aromatic N) is 5. The van der Waals surface area contributed by atoms with Crippen LogP contribution in [-0.4, -0.2) is 85.8 Å². The quantitative estimate of drug-likeness (QED) is 0.360. The molecule has 0 bridgehead atoms. The summed E-state index contributed by atoms with van der Waals surface area (Å²) >= 11 is 6.16. The van der Waals surface area contributed by atoms with Crippen LogP contribution in [-0.2, 0) is 28.2 Å². The third kappa shape index (κ3) is 9.12. The van der Waals surface area contributed by atoms with Crippen molar-refractivity contribution in [2.24, 2.45) is 0 Å². The predicted octanol–water partition coefficient (Wildman–Crippen LogP) is 5.44. The minimum atomic E-state index is -5.08. The molecule has 1 saturated heterocycles. The van der Waals surface area contributed by atoms with Crippen molar-refractivity contribution >= 4 is 23.5 Å². The maximum atomic E-state index is 13.5. The fraction of sp³-hybridized carbons (Fsp3) is 0.407. The van der Waals surface area contributed by atoms with E-state index in [-0.39, 0.29) is 11.4 Å². The molecule has 3 aromatic rings. The highest BCUT2D eigenvalue weighted by atomic mass is 35.5. The van der Waals surface area contributed by atoms with Crippen LogP contribution >= 0.6 is 11.6 Å². The Morgan fingerprint density at radius 3 is 1.98 bits per heavy atom. The van der Waals surface area contributed by atoms with E-state index in [4.69, 9.17) is 31.4 Å². The molecule has 2 N–H and O–H groups in total. The van der Waals surface area contributed by atoms with Crippen molar-refractivity contribution < 1.29 is 50.5 Å². The molecule has 1 aromatic heterocycles. The van der Waals surface area contributed by atoms with E-state index in [0.717, 1.165) is 67.8 Å². The lowest BCUT2D eigenvalue weighted by Gasteiger charge is -2.48. The molecular weight excluding hydrogens is 627 g/mol. The zero-order valence-electron chi connectivity index (χ0n) is 23.0. The summed E-state index contributed by atoms with van der Waals surface area (Å²) < 4.78 is 79.3. The van der Waals surface area contributed by atoms with Crippen molar-refractivity contribution in [1.82, 2.24) is 24.6 Å². The number of rotatable bonds is 3. The minimum absolute atomic E-state index is 0.0413. The van der Waals surface area contributed by atoms with E-state index < -0.39 is 24.3 Å². The van der Waals surface area contributed by atoms with E-state index in [1.807, 2.05) is 18.2 Å². The van der Waals surface area contributed by atoms with E-state index in [2.05, 4.69) is 37.7 Å². The van der Waals surface area contributed by atoms with Crippen LogP contribution in [0.5, 0.6) is 0 Å². The van der Waals surface area contributed by atoms with Gasteiger partial charge in [0.1, 0.15) is 11.6 Å². The Balaban J connectivity index is 0.000000317. The molecule has 0 amide bonds. The van der Waals surface area contributed by atoms with E-state index in [0.29, 0.717) is 0 Å². The first-order chi connectivity index (χ1) is 20.4. The number of fused-ring (bicyclic) bond motifs is 2. The fourth-order valence-electron chi connectivity index (χ4n) is 4.98. The summed E-state index contributed by atoms with van der Waals surface area (Å²) in [7, 11) is 2.15. The zero-order chi connectivity index (χ0) is 32.9. The third-order valence-corrected chi connectivity index (χ3v) is 7.08. The average molecular weight is 654 g/mol. The number of carboxylic acids is 2. The molecule has 0 atom stereocenters. The Morgan fingerprint density at radius 2 is 1.48 bits per heavy atom. The SMILES string of the molecule is CN1Cc2nnc(-c3ccc(F)cc3)n2C2(CCN(Cc3cccc(Cl)c3)CC2)C1.O=C(O)C(F)(F)F.O=C(O)C(F)(F)F. The lowest BCUT2D eigenvalue weighted by Crippen LogP contribution is -2.55. The smallest absolute Gasteiger partial charge is 0.475 e. The number of piperidine rings is 1. The number of alkyl halides is 6. The molecular formula is C27H27ClF7N5O4. The highest BCUT2D eigenvalue weighted by Gasteiger charge is 2.43. The van der Waals surface area contributed by atoms with Crippen LogP contribution in [0.15, 0.2) is 48.5 Å². The van der Waals surface area contributed by atoms with Gasteiger partial charge in [-0.25, -0.2) is 14.0 Å². The van der Waals surface area contributed by atoms with Crippen molar-refractivity contribution in [2.75, 3.05) is 26.7 Å². The van der Waals surface area contributed by atoms with Gasteiger partial charge >= 0.3 is 24.3 Å². The second-order valence-corrected chi connectivity index (χ2v) is 10.6. The number of carbonyl (C=O) groups is 2. The molecule has 1 fully saturated rings. The van der Waals surface area contributed by atoms with E-state index in [9.17, 15) is 30.7 Å². The Bertz CT molecular complexity index is 1420. The number of benzene rings is 2. The topological polar surface area (TPSA) is 112 Å². The van der Waals surface area contributed by atoms with Crippen LogP contribution in [0.25, 0.3) is 11.4 Å². The molecule has 0 unspecified atom stereocenters. The van der Waals surface area contributed by atoms with Gasteiger partial charge in [0.25, 0.3) is 0 Å². The van der Waals surface area contributed by atoms with Crippen molar-refractivity contribution in [3.8, 4) is 11.4 Å². The monoisotopic (exact) mass is 653 g/mol. The van der Waals surface area contributed by atoms with Crippen LogP contribution in [0.2, 0.25) is 5.02 Å². The number of likely N-dealkylation sites (tertiary alicyclic amines) is 1. The molecule has 2 aromatic carbocycles. The first kappa shape index (κ1) is 34.7. The summed E-state index contributed by atoms with van der Waals surface area (Å²) in [5, 5.41) is 24.1. The first-order valence-electron chi connectivity index (χ1n) is 12.9. The number of hydrogen-bond donors (Lipinski definition) is 2. The molecule has 1 spiro atoms. The van der Waals surface area contributed by atoms with Crippen LogP contribution in [0.3, 0.4) is 0 Å². The second-order valence-electron chi connectivity index (χ2n) is 10.2. The van der Waals surface area contributed by atoms with E-state index >= 15 is 0 Å². The van der Waals surface area contributed by atoms with Gasteiger partial charge in [-0.1, -0.05) is 23.7 Å². The largest absolute Gasteiger partial charge is 0.490 e. The summed E-state index contributed by atoms with van der Waals surface area (Å²) in [6, 6.07) is 14.7. The van der Waals surface area contributed by atoms with Gasteiger partial charge in [-0.15, -0.1) is 10.2 Å². The first-order valence-corrected chi connectivity index (χ1v) is 13.3. The van der Waals surface area contributed by atoms with Crippen molar-refractivity contribution in [1.29, 1.82) is 0 Å². The molecule has 3 heterocycles. The Hall–Kier alpha value is -3.76. The van der Waals surface area contributed by atoms with Gasteiger partial charge in [0, 0.05) is 36.8 Å². The fourth-order valence-corrected chi connectivity index (χ4v) is 5.19. The number of carboxylic acid groups (broad SMARTS) is 2. The molecule has 0 aliphatic carbocycles. The Labute approximate surface area is 251 Å². The minimum Gasteiger partial charge on any atom is -0.475 e. The Morgan fingerprint density at radius 1 is 0.932 bits per heavy atom. The number of hydrogen-bond acceptors (Lipinski definition) is 6. The van der Waals surface area contributed by atoms with Crippen LogP contribution < -0.4 is 0 Å². The van der Waals surface area contributed by atoms with Gasteiger partial charge < -0.3 is 14.8 Å². The lowest BCUT2D eigenvalue weighted by molar-refractivity contribution is -0.193. The Kier molecular flexibility index (Phi) is 11.0. The highest BCUT2D eigenvalue weighted by molar-refractivity contribution is 6.30. The summed E-state index contributed by atoms with van der Waals surface area (Å²) in [6.45, 7) is 4.66. The molecule has 0 saturated carbocycles. The van der Waals surface area contributed by atoms with E-state index in [1.165, 1.54) is 17.7 Å². The molecule has 2 aliphatic rings.